The summed E-state index contributed by atoms with van der Waals surface area (Å²) in [6.45, 7) is 0. The molecule has 0 saturated carbocycles. The van der Waals surface area contributed by atoms with Gasteiger partial charge in [0.05, 0.1) is 0 Å². The Morgan fingerprint density at radius 1 is 0.967 bits per heavy atom. The molecule has 0 radical (unpaired) electrons. The topological polar surface area (TPSA) is 65.7 Å². The van der Waals surface area contributed by atoms with Crippen molar-refractivity contribution in [3.63, 3.8) is 0 Å². The van der Waals surface area contributed by atoms with E-state index in [1.807, 2.05) is 0 Å². The van der Waals surface area contributed by atoms with Crippen molar-refractivity contribution in [3.8, 4) is 22.8 Å². The number of nitrogens with zero attached hydrogens (tertiary/aromatic N) is 5. The summed E-state index contributed by atoms with van der Waals surface area (Å²) in [7, 11) is 0. The van der Waals surface area contributed by atoms with Gasteiger partial charge in [-0.25, -0.2) is 0 Å². The Balaban J connectivity index is 0.000000207. The summed E-state index contributed by atoms with van der Waals surface area (Å²) in [6, 6.07) is 15.2. The van der Waals surface area contributed by atoms with Crippen LogP contribution in [0.1, 0.15) is 5.82 Å². The van der Waals surface area contributed by atoms with Crippen LogP contribution in [0.15, 0.2) is 54.9 Å². The maximum Gasteiger partial charge on any atom is 3.00 e. The van der Waals surface area contributed by atoms with E-state index in [1.165, 1.54) is 12.3 Å². The monoisotopic (exact) mass is 595 g/mol. The number of rotatable bonds is 2. The van der Waals surface area contributed by atoms with Crippen LogP contribution in [0.2, 0.25) is 0 Å². The summed E-state index contributed by atoms with van der Waals surface area (Å²) < 4.78 is 62.2. The molecule has 1 aromatic carbocycles. The molecule has 11 heteroatoms. The number of alkyl halides is 3. The molecule has 3 aromatic heterocycles. The molecule has 0 aliphatic rings. The third-order valence-electron chi connectivity index (χ3n) is 3.30. The van der Waals surface area contributed by atoms with E-state index < -0.39 is 23.6 Å². The van der Waals surface area contributed by atoms with E-state index in [1.54, 1.807) is 30.5 Å². The van der Waals surface area contributed by atoms with Crippen molar-refractivity contribution >= 4 is 0 Å². The summed E-state index contributed by atoms with van der Waals surface area (Å²) >= 11 is 0. The van der Waals surface area contributed by atoms with Gasteiger partial charge in [-0.05, 0) is 18.0 Å². The van der Waals surface area contributed by atoms with Crippen molar-refractivity contribution in [3.05, 3.63) is 84.4 Å². The van der Waals surface area contributed by atoms with Gasteiger partial charge in [0.15, 0.2) is 0 Å². The van der Waals surface area contributed by atoms with Gasteiger partial charge in [-0.3, -0.25) is 18.9 Å². The smallest absolute Gasteiger partial charge is 0.476 e. The van der Waals surface area contributed by atoms with Crippen LogP contribution in [0.5, 0.6) is 0 Å². The second-order valence-electron chi connectivity index (χ2n) is 5.34. The van der Waals surface area contributed by atoms with Crippen molar-refractivity contribution in [2.45, 2.75) is 6.18 Å². The van der Waals surface area contributed by atoms with Crippen LogP contribution in [-0.2, 0) is 26.3 Å². The Labute approximate surface area is 180 Å². The molecule has 3 heterocycles. The SMILES string of the molecule is FC(F)(F)c1n[n-]c(-c2[c-]cccn2)n1.Fc1c[c-]c(-c2ccccn2)c(F)c1.[Ir+3]. The minimum atomic E-state index is -4.58. The first-order valence-electron chi connectivity index (χ1n) is 7.90. The maximum absolute atomic E-state index is 13.2. The van der Waals surface area contributed by atoms with Gasteiger partial charge in [-0.2, -0.15) is 25.3 Å². The first kappa shape index (κ1) is 23.2. The van der Waals surface area contributed by atoms with Crippen LogP contribution in [0.25, 0.3) is 22.8 Å². The Bertz CT molecular complexity index is 1070. The van der Waals surface area contributed by atoms with Crippen molar-refractivity contribution in [1.29, 1.82) is 0 Å². The third-order valence-corrected chi connectivity index (χ3v) is 3.30. The van der Waals surface area contributed by atoms with Crippen molar-refractivity contribution in [1.82, 2.24) is 25.1 Å². The van der Waals surface area contributed by atoms with E-state index in [9.17, 15) is 22.0 Å². The molecule has 0 N–H and O–H groups in total. The zero-order chi connectivity index (χ0) is 20.9. The molecule has 0 aliphatic heterocycles. The number of benzene rings is 1. The van der Waals surface area contributed by atoms with E-state index in [0.29, 0.717) is 5.69 Å². The first-order valence-corrected chi connectivity index (χ1v) is 7.90. The predicted molar refractivity (Wildman–Crippen MR) is 90.8 cm³/mol. The Morgan fingerprint density at radius 2 is 1.73 bits per heavy atom. The van der Waals surface area contributed by atoms with Crippen LogP contribution in [0.3, 0.4) is 0 Å². The number of aromatic nitrogens is 5. The summed E-state index contributed by atoms with van der Waals surface area (Å²) in [4.78, 5) is 10.9. The maximum atomic E-state index is 13.2. The predicted octanol–water partition coefficient (Wildman–Crippen LogP) is 4.14. The number of halogens is 5. The second-order valence-corrected chi connectivity index (χ2v) is 5.34. The normalized spacial score (nSPS) is 10.6. The van der Waals surface area contributed by atoms with E-state index in [2.05, 4.69) is 37.3 Å². The molecule has 4 rings (SSSR count). The van der Waals surface area contributed by atoms with Gasteiger partial charge < -0.3 is 15.1 Å². The molecule has 0 aliphatic carbocycles. The van der Waals surface area contributed by atoms with E-state index in [4.69, 9.17) is 0 Å². The number of hydrogen-bond donors (Lipinski definition) is 0. The molecule has 30 heavy (non-hydrogen) atoms. The number of pyridine rings is 2. The molecule has 0 fully saturated rings. The van der Waals surface area contributed by atoms with Gasteiger partial charge in [-0.15, -0.1) is 24.0 Å². The van der Waals surface area contributed by atoms with Gasteiger partial charge in [0, 0.05) is 17.8 Å². The molecule has 0 bridgehead atoms. The van der Waals surface area contributed by atoms with Crippen LogP contribution in [-0.4, -0.2) is 20.1 Å². The molecule has 0 amide bonds. The summed E-state index contributed by atoms with van der Waals surface area (Å²) in [5.74, 6) is -2.73. The Morgan fingerprint density at radius 3 is 2.30 bits per heavy atom. The standard InChI is InChI=1S/C11H6F2N.C8H3F3N4.Ir/c12-8-4-5-9(10(13)7-8)11-3-1-2-6-14-11;9-8(10,11)7-13-6(14-15-7)5-3-1-2-4-12-5;/h1-4,6-7H;1-2,4H;/q-1;-2;+3. The summed E-state index contributed by atoms with van der Waals surface area (Å²) in [5.41, 5.74) is 0.775. The van der Waals surface area contributed by atoms with Crippen molar-refractivity contribution in [2.24, 2.45) is 0 Å². The molecule has 4 aromatic rings. The second kappa shape index (κ2) is 10.1. The van der Waals surface area contributed by atoms with Crippen LogP contribution in [0, 0.1) is 23.8 Å². The number of hydrogen-bond acceptors (Lipinski definition) is 4. The molecule has 0 atom stereocenters. The molecular formula is C19H9F5IrN5. The van der Waals surface area contributed by atoms with E-state index in [0.717, 1.165) is 12.1 Å². The first-order chi connectivity index (χ1) is 13.8. The largest absolute Gasteiger partial charge is 3.00 e. The van der Waals surface area contributed by atoms with Crippen molar-refractivity contribution < 1.29 is 42.1 Å². The summed E-state index contributed by atoms with van der Waals surface area (Å²) in [5, 5.41) is 6.20. The molecule has 0 saturated heterocycles. The van der Waals surface area contributed by atoms with Gasteiger partial charge in [0.2, 0.25) is 0 Å². The molecular weight excluding hydrogens is 585 g/mol. The fraction of sp³-hybridized carbons (Fsp3) is 0.0526. The van der Waals surface area contributed by atoms with Crippen LogP contribution >= 0.6 is 0 Å². The zero-order valence-corrected chi connectivity index (χ0v) is 17.1. The Hall–Kier alpha value is -3.04. The minimum Gasteiger partial charge on any atom is -0.476 e. The van der Waals surface area contributed by atoms with E-state index >= 15 is 0 Å². The van der Waals surface area contributed by atoms with E-state index in [-0.39, 0.29) is 37.2 Å². The average Bonchev–Trinajstić information content (AvgIpc) is 3.21. The fourth-order valence-corrected chi connectivity index (χ4v) is 2.06. The molecule has 5 nitrogen and oxygen atoms in total. The Kier molecular flexibility index (Phi) is 7.85. The average molecular weight is 595 g/mol. The summed E-state index contributed by atoms with van der Waals surface area (Å²) in [6.07, 6.45) is -1.62. The molecule has 154 valence electrons. The van der Waals surface area contributed by atoms with Crippen LogP contribution in [0.4, 0.5) is 22.0 Å². The van der Waals surface area contributed by atoms with Gasteiger partial charge in [0.25, 0.3) is 0 Å². The van der Waals surface area contributed by atoms with Crippen molar-refractivity contribution in [2.75, 3.05) is 0 Å². The molecule has 0 spiro atoms. The molecule has 0 unspecified atom stereocenters. The quantitative estimate of drug-likeness (QED) is 0.258. The van der Waals surface area contributed by atoms with Crippen LogP contribution < -0.4 is 5.10 Å². The minimum absolute atomic E-state index is 0. The zero-order valence-electron chi connectivity index (χ0n) is 14.7. The van der Waals surface area contributed by atoms with Gasteiger partial charge in [-0.1, -0.05) is 29.5 Å². The van der Waals surface area contributed by atoms with Gasteiger partial charge in [0.1, 0.15) is 5.82 Å². The third kappa shape index (κ3) is 5.98. The van der Waals surface area contributed by atoms with Gasteiger partial charge >= 0.3 is 26.3 Å². The fourth-order valence-electron chi connectivity index (χ4n) is 2.06.